The number of pyridine rings is 2. The summed E-state index contributed by atoms with van der Waals surface area (Å²) in [5, 5.41) is 3.59. The first-order valence-corrected chi connectivity index (χ1v) is 12.7. The molecule has 5 rings (SSSR count). The number of anilines is 1. The van der Waals surface area contributed by atoms with Crippen molar-refractivity contribution in [2.75, 3.05) is 18.4 Å². The predicted molar refractivity (Wildman–Crippen MR) is 132 cm³/mol. The molecule has 1 aliphatic heterocycles. The van der Waals surface area contributed by atoms with Crippen LogP contribution in [0.5, 0.6) is 0 Å². The summed E-state index contributed by atoms with van der Waals surface area (Å²) in [7, 11) is -3.60. The minimum absolute atomic E-state index is 0.183. The zero-order chi connectivity index (χ0) is 23.5. The predicted octanol–water partition coefficient (Wildman–Crippen LogP) is 4.72. The van der Waals surface area contributed by atoms with Crippen LogP contribution in [0.4, 0.5) is 5.69 Å². The second-order valence-electron chi connectivity index (χ2n) is 8.26. The Hall–Kier alpha value is -3.62. The molecule has 0 bridgehead atoms. The molecule has 172 valence electrons. The number of sulfonamides is 1. The topological polar surface area (TPSA) is 92.3 Å². The van der Waals surface area contributed by atoms with E-state index in [0.29, 0.717) is 40.9 Å². The number of piperidine rings is 1. The fourth-order valence-electron chi connectivity index (χ4n) is 4.21. The Balaban J connectivity index is 1.48. The quantitative estimate of drug-likeness (QED) is 0.454. The lowest BCUT2D eigenvalue weighted by molar-refractivity contribution is 0.102. The first-order chi connectivity index (χ1) is 16.5. The molecule has 4 aromatic rings. The number of para-hydroxylation sites is 1. The first kappa shape index (κ1) is 22.2. The third kappa shape index (κ3) is 4.42. The van der Waals surface area contributed by atoms with Gasteiger partial charge in [0.05, 0.1) is 21.7 Å². The maximum Gasteiger partial charge on any atom is 0.256 e. The molecule has 7 nitrogen and oxygen atoms in total. The Kier molecular flexibility index (Phi) is 6.08. The maximum absolute atomic E-state index is 13.4. The minimum atomic E-state index is -3.60. The molecule has 0 atom stereocenters. The smallest absolute Gasteiger partial charge is 0.256 e. The first-order valence-electron chi connectivity index (χ1n) is 11.2. The lowest BCUT2D eigenvalue weighted by atomic mass is 10.0. The Labute approximate surface area is 198 Å². The highest BCUT2D eigenvalue weighted by Gasteiger charge is 2.26. The van der Waals surface area contributed by atoms with Gasteiger partial charge in [-0.2, -0.15) is 4.31 Å². The Bertz CT molecular complexity index is 1450. The number of rotatable bonds is 5. The summed E-state index contributed by atoms with van der Waals surface area (Å²) in [6, 6.07) is 19.3. The molecular weight excluding hydrogens is 448 g/mol. The molecule has 1 N–H and O–H groups in total. The second-order valence-corrected chi connectivity index (χ2v) is 10.2. The van der Waals surface area contributed by atoms with E-state index < -0.39 is 10.0 Å². The largest absolute Gasteiger partial charge is 0.322 e. The van der Waals surface area contributed by atoms with Gasteiger partial charge in [-0.3, -0.25) is 9.78 Å². The third-order valence-electron chi connectivity index (χ3n) is 5.96. The molecule has 8 heteroatoms. The summed E-state index contributed by atoms with van der Waals surface area (Å²) < 4.78 is 27.7. The van der Waals surface area contributed by atoms with E-state index in [-0.39, 0.29) is 10.8 Å². The van der Waals surface area contributed by atoms with Crippen LogP contribution in [0.2, 0.25) is 0 Å². The number of nitrogens with zero attached hydrogens (tertiary/aromatic N) is 3. The van der Waals surface area contributed by atoms with Crippen LogP contribution in [0.25, 0.3) is 22.2 Å². The minimum Gasteiger partial charge on any atom is -0.322 e. The molecule has 1 aliphatic rings. The van der Waals surface area contributed by atoms with Crippen LogP contribution >= 0.6 is 0 Å². The highest BCUT2D eigenvalue weighted by Crippen LogP contribution is 2.27. The van der Waals surface area contributed by atoms with E-state index in [9.17, 15) is 13.2 Å². The maximum atomic E-state index is 13.4. The zero-order valence-electron chi connectivity index (χ0n) is 18.5. The van der Waals surface area contributed by atoms with Gasteiger partial charge in [0.15, 0.2) is 0 Å². The Morgan fingerprint density at radius 1 is 0.912 bits per heavy atom. The Morgan fingerprint density at radius 2 is 1.74 bits per heavy atom. The summed E-state index contributed by atoms with van der Waals surface area (Å²) >= 11 is 0. The number of carbonyl (C=O) groups excluding carboxylic acids is 1. The van der Waals surface area contributed by atoms with E-state index in [4.69, 9.17) is 0 Å². The molecule has 0 spiro atoms. The van der Waals surface area contributed by atoms with Crippen molar-refractivity contribution in [2.24, 2.45) is 0 Å². The number of benzene rings is 2. The molecule has 2 aromatic heterocycles. The standard InChI is InChI=1S/C26H24N4O3S/c31-26(28-20-9-6-10-21(16-20)34(32,33)30-14-4-1-5-15-30)23-17-25(19-8-7-13-27-18-19)29-24-12-3-2-11-22(23)24/h2-3,6-13,16-18H,1,4-5,14-15H2,(H,28,31). The van der Waals surface area contributed by atoms with Crippen LogP contribution in [-0.2, 0) is 10.0 Å². The molecule has 1 fully saturated rings. The normalized spacial score (nSPS) is 14.7. The van der Waals surface area contributed by atoms with E-state index in [1.165, 1.54) is 10.4 Å². The lowest BCUT2D eigenvalue weighted by Gasteiger charge is -2.26. The van der Waals surface area contributed by atoms with Crippen molar-refractivity contribution in [3.05, 3.63) is 84.7 Å². The summed E-state index contributed by atoms with van der Waals surface area (Å²) in [5.41, 5.74) is 3.01. The summed E-state index contributed by atoms with van der Waals surface area (Å²) in [4.78, 5) is 22.4. The highest BCUT2D eigenvalue weighted by molar-refractivity contribution is 7.89. The number of hydrogen-bond acceptors (Lipinski definition) is 5. The van der Waals surface area contributed by atoms with E-state index in [1.54, 1.807) is 36.7 Å². The fourth-order valence-corrected chi connectivity index (χ4v) is 5.78. The van der Waals surface area contributed by atoms with Crippen molar-refractivity contribution >= 4 is 32.5 Å². The van der Waals surface area contributed by atoms with E-state index in [2.05, 4.69) is 15.3 Å². The van der Waals surface area contributed by atoms with E-state index in [1.807, 2.05) is 36.4 Å². The number of hydrogen-bond donors (Lipinski definition) is 1. The average Bonchev–Trinajstić information content (AvgIpc) is 2.89. The fraction of sp³-hybridized carbons (Fsp3) is 0.192. The van der Waals surface area contributed by atoms with Crippen LogP contribution < -0.4 is 5.32 Å². The van der Waals surface area contributed by atoms with Crippen LogP contribution in [0.15, 0.2) is 84.0 Å². The second kappa shape index (κ2) is 9.32. The van der Waals surface area contributed by atoms with Crippen molar-refractivity contribution in [1.29, 1.82) is 0 Å². The molecule has 0 saturated carbocycles. The van der Waals surface area contributed by atoms with Gasteiger partial charge in [-0.1, -0.05) is 30.7 Å². The summed E-state index contributed by atoms with van der Waals surface area (Å²) in [6.45, 7) is 1.05. The van der Waals surface area contributed by atoms with Crippen LogP contribution in [0.3, 0.4) is 0 Å². The van der Waals surface area contributed by atoms with Gasteiger partial charge in [0, 0.05) is 42.1 Å². The molecule has 2 aromatic carbocycles. The van der Waals surface area contributed by atoms with Crippen molar-refractivity contribution in [3.8, 4) is 11.3 Å². The molecule has 3 heterocycles. The van der Waals surface area contributed by atoms with Gasteiger partial charge >= 0.3 is 0 Å². The molecular formula is C26H24N4O3S. The van der Waals surface area contributed by atoms with Gasteiger partial charge in [0.1, 0.15) is 0 Å². The number of fused-ring (bicyclic) bond motifs is 1. The Morgan fingerprint density at radius 3 is 2.53 bits per heavy atom. The van der Waals surface area contributed by atoms with Crippen LogP contribution in [0, 0.1) is 0 Å². The van der Waals surface area contributed by atoms with Gasteiger partial charge in [-0.15, -0.1) is 0 Å². The molecule has 1 amide bonds. The SMILES string of the molecule is O=C(Nc1cccc(S(=O)(=O)N2CCCCC2)c1)c1cc(-c2cccnc2)nc2ccccc12. The number of carbonyl (C=O) groups is 1. The summed E-state index contributed by atoms with van der Waals surface area (Å²) in [6.07, 6.45) is 6.16. The number of aromatic nitrogens is 2. The van der Waals surface area contributed by atoms with Crippen LogP contribution in [0.1, 0.15) is 29.6 Å². The average molecular weight is 473 g/mol. The molecule has 0 unspecified atom stereocenters. The zero-order valence-corrected chi connectivity index (χ0v) is 19.3. The lowest BCUT2D eigenvalue weighted by Crippen LogP contribution is -2.35. The van der Waals surface area contributed by atoms with Crippen LogP contribution in [-0.4, -0.2) is 41.7 Å². The molecule has 0 aliphatic carbocycles. The van der Waals surface area contributed by atoms with E-state index >= 15 is 0 Å². The molecule has 34 heavy (non-hydrogen) atoms. The van der Waals surface area contributed by atoms with Gasteiger partial charge in [0.2, 0.25) is 10.0 Å². The van der Waals surface area contributed by atoms with Crippen molar-refractivity contribution < 1.29 is 13.2 Å². The van der Waals surface area contributed by atoms with E-state index in [0.717, 1.165) is 24.8 Å². The highest BCUT2D eigenvalue weighted by atomic mass is 32.2. The van der Waals surface area contributed by atoms with Crippen molar-refractivity contribution in [1.82, 2.24) is 14.3 Å². The summed E-state index contributed by atoms with van der Waals surface area (Å²) in [5.74, 6) is -0.337. The van der Waals surface area contributed by atoms with Crippen molar-refractivity contribution in [3.63, 3.8) is 0 Å². The van der Waals surface area contributed by atoms with Gasteiger partial charge in [-0.25, -0.2) is 13.4 Å². The van der Waals surface area contributed by atoms with Gasteiger partial charge < -0.3 is 5.32 Å². The molecule has 1 saturated heterocycles. The third-order valence-corrected chi connectivity index (χ3v) is 7.86. The number of nitrogens with one attached hydrogen (secondary N) is 1. The molecule has 0 radical (unpaired) electrons. The monoisotopic (exact) mass is 472 g/mol. The number of amides is 1. The van der Waals surface area contributed by atoms with Gasteiger partial charge in [-0.05, 0) is 55.3 Å². The van der Waals surface area contributed by atoms with Crippen molar-refractivity contribution in [2.45, 2.75) is 24.2 Å². The van der Waals surface area contributed by atoms with Gasteiger partial charge in [0.25, 0.3) is 5.91 Å².